The Hall–Kier alpha value is 0.270. The Morgan fingerprint density at radius 2 is 1.80 bits per heavy atom. The first kappa shape index (κ1) is 11.7. The second-order valence-corrected chi connectivity index (χ2v) is 6.20. The topological polar surface area (TPSA) is 15.3 Å². The molecule has 2 rings (SSSR count). The summed E-state index contributed by atoms with van der Waals surface area (Å²) in [4.78, 5) is 2.63. The monoisotopic (exact) mass is 228 g/mol. The van der Waals surface area contributed by atoms with Gasteiger partial charge in [-0.15, -0.1) is 0 Å². The molecule has 2 aliphatic heterocycles. The van der Waals surface area contributed by atoms with E-state index < -0.39 is 0 Å². The molecular formula is C12H24N2S. The first-order valence-corrected chi connectivity index (χ1v) is 7.50. The zero-order chi connectivity index (χ0) is 10.5. The van der Waals surface area contributed by atoms with Crippen LogP contribution in [0.4, 0.5) is 0 Å². The van der Waals surface area contributed by atoms with Gasteiger partial charge in [-0.3, -0.25) is 0 Å². The Morgan fingerprint density at radius 1 is 1.13 bits per heavy atom. The Labute approximate surface area is 98.2 Å². The second kappa shape index (κ2) is 6.12. The summed E-state index contributed by atoms with van der Waals surface area (Å²) in [5.41, 5.74) is 0. The van der Waals surface area contributed by atoms with Crippen LogP contribution in [0, 0.1) is 5.92 Å². The standard InChI is InChI=1S/C12H24N2S/c1-14(12-4-8-15-9-5-12)10-11-2-6-13-7-3-11/h11-13H,2-10H2,1H3. The van der Waals surface area contributed by atoms with E-state index in [0.717, 1.165) is 12.0 Å². The molecular weight excluding hydrogens is 204 g/mol. The van der Waals surface area contributed by atoms with Gasteiger partial charge in [-0.2, -0.15) is 11.8 Å². The van der Waals surface area contributed by atoms with Gasteiger partial charge in [0.15, 0.2) is 0 Å². The maximum atomic E-state index is 3.45. The van der Waals surface area contributed by atoms with Gasteiger partial charge < -0.3 is 10.2 Å². The van der Waals surface area contributed by atoms with Crippen molar-refractivity contribution in [3.8, 4) is 0 Å². The Morgan fingerprint density at radius 3 is 2.47 bits per heavy atom. The lowest BCUT2D eigenvalue weighted by Crippen LogP contribution is -2.40. The molecule has 15 heavy (non-hydrogen) atoms. The minimum Gasteiger partial charge on any atom is -0.317 e. The number of nitrogens with one attached hydrogen (secondary N) is 1. The van der Waals surface area contributed by atoms with Crippen LogP contribution >= 0.6 is 11.8 Å². The van der Waals surface area contributed by atoms with E-state index in [9.17, 15) is 0 Å². The van der Waals surface area contributed by atoms with Crippen LogP contribution < -0.4 is 5.32 Å². The Bertz CT molecular complexity index is 174. The highest BCUT2D eigenvalue weighted by molar-refractivity contribution is 7.99. The molecule has 0 atom stereocenters. The van der Waals surface area contributed by atoms with Crippen molar-refractivity contribution < 1.29 is 0 Å². The van der Waals surface area contributed by atoms with Gasteiger partial charge in [0.1, 0.15) is 0 Å². The van der Waals surface area contributed by atoms with E-state index in [1.807, 2.05) is 0 Å². The van der Waals surface area contributed by atoms with Crippen molar-refractivity contribution in [1.82, 2.24) is 10.2 Å². The van der Waals surface area contributed by atoms with E-state index >= 15 is 0 Å². The molecule has 2 fully saturated rings. The van der Waals surface area contributed by atoms with Crippen LogP contribution in [0.3, 0.4) is 0 Å². The third-order valence-corrected chi connectivity index (χ3v) is 4.87. The van der Waals surface area contributed by atoms with Gasteiger partial charge in [0.25, 0.3) is 0 Å². The first-order chi connectivity index (χ1) is 7.36. The van der Waals surface area contributed by atoms with Gasteiger partial charge in [-0.25, -0.2) is 0 Å². The van der Waals surface area contributed by atoms with Crippen molar-refractivity contribution in [2.24, 2.45) is 5.92 Å². The summed E-state index contributed by atoms with van der Waals surface area (Å²) in [5.74, 6) is 3.70. The van der Waals surface area contributed by atoms with Crippen molar-refractivity contribution in [2.75, 3.05) is 38.2 Å². The molecule has 2 heterocycles. The van der Waals surface area contributed by atoms with E-state index in [4.69, 9.17) is 0 Å². The van der Waals surface area contributed by atoms with Crippen molar-refractivity contribution in [3.63, 3.8) is 0 Å². The average Bonchev–Trinajstić information content (AvgIpc) is 2.31. The van der Waals surface area contributed by atoms with Crippen LogP contribution in [-0.4, -0.2) is 49.1 Å². The fraction of sp³-hybridized carbons (Fsp3) is 1.00. The van der Waals surface area contributed by atoms with Crippen molar-refractivity contribution in [2.45, 2.75) is 31.7 Å². The number of rotatable bonds is 3. The van der Waals surface area contributed by atoms with Gasteiger partial charge >= 0.3 is 0 Å². The molecule has 0 aliphatic carbocycles. The Kier molecular flexibility index (Phi) is 4.79. The molecule has 2 nitrogen and oxygen atoms in total. The average molecular weight is 228 g/mol. The molecule has 0 aromatic heterocycles. The van der Waals surface area contributed by atoms with Gasteiger partial charge in [0.2, 0.25) is 0 Å². The SMILES string of the molecule is CN(CC1CCNCC1)C1CCSCC1. The molecule has 0 aromatic rings. The van der Waals surface area contributed by atoms with Crippen LogP contribution in [0.15, 0.2) is 0 Å². The van der Waals surface area contributed by atoms with Crippen LogP contribution in [0.25, 0.3) is 0 Å². The van der Waals surface area contributed by atoms with E-state index in [2.05, 4.69) is 29.0 Å². The van der Waals surface area contributed by atoms with Crippen molar-refractivity contribution >= 4 is 11.8 Å². The van der Waals surface area contributed by atoms with E-state index in [-0.39, 0.29) is 0 Å². The summed E-state index contributed by atoms with van der Waals surface area (Å²) in [6, 6.07) is 0.876. The van der Waals surface area contributed by atoms with Crippen molar-refractivity contribution in [3.05, 3.63) is 0 Å². The van der Waals surface area contributed by atoms with E-state index in [1.165, 1.54) is 56.8 Å². The van der Waals surface area contributed by atoms with Crippen LogP contribution in [0.2, 0.25) is 0 Å². The van der Waals surface area contributed by atoms with Gasteiger partial charge in [0.05, 0.1) is 0 Å². The normalized spacial score (nSPS) is 26.0. The molecule has 3 heteroatoms. The number of piperidine rings is 1. The number of nitrogens with zero attached hydrogens (tertiary/aromatic N) is 1. The Balaban J connectivity index is 1.72. The van der Waals surface area contributed by atoms with Crippen LogP contribution in [0.1, 0.15) is 25.7 Å². The number of thioether (sulfide) groups is 1. The molecule has 0 bridgehead atoms. The maximum Gasteiger partial charge on any atom is 0.0108 e. The lowest BCUT2D eigenvalue weighted by Gasteiger charge is -2.34. The van der Waals surface area contributed by atoms with Crippen LogP contribution in [0.5, 0.6) is 0 Å². The molecule has 0 spiro atoms. The third-order valence-electron chi connectivity index (χ3n) is 3.82. The quantitative estimate of drug-likeness (QED) is 0.793. The first-order valence-electron chi connectivity index (χ1n) is 6.35. The van der Waals surface area contributed by atoms with Crippen molar-refractivity contribution in [1.29, 1.82) is 0 Å². The van der Waals surface area contributed by atoms with E-state index in [0.29, 0.717) is 0 Å². The fourth-order valence-electron chi connectivity index (χ4n) is 2.75. The highest BCUT2D eigenvalue weighted by atomic mass is 32.2. The summed E-state index contributed by atoms with van der Waals surface area (Å²) in [7, 11) is 2.34. The highest BCUT2D eigenvalue weighted by Gasteiger charge is 2.21. The molecule has 0 unspecified atom stereocenters. The summed E-state index contributed by atoms with van der Waals surface area (Å²) in [5, 5.41) is 3.45. The van der Waals surface area contributed by atoms with E-state index in [1.54, 1.807) is 0 Å². The second-order valence-electron chi connectivity index (χ2n) is 4.98. The minimum atomic E-state index is 0.876. The summed E-state index contributed by atoms with van der Waals surface area (Å²) in [6.07, 6.45) is 5.58. The highest BCUT2D eigenvalue weighted by Crippen LogP contribution is 2.22. The molecule has 0 saturated carbocycles. The van der Waals surface area contributed by atoms with Gasteiger partial charge in [0, 0.05) is 12.6 Å². The lowest BCUT2D eigenvalue weighted by molar-refractivity contribution is 0.177. The maximum absolute atomic E-state index is 3.45. The van der Waals surface area contributed by atoms with Gasteiger partial charge in [-0.05, 0) is 63.2 Å². The molecule has 88 valence electrons. The van der Waals surface area contributed by atoms with Gasteiger partial charge in [-0.1, -0.05) is 0 Å². The minimum absolute atomic E-state index is 0.876. The lowest BCUT2D eigenvalue weighted by atomic mass is 9.96. The summed E-state index contributed by atoms with van der Waals surface area (Å²) < 4.78 is 0. The zero-order valence-electron chi connectivity index (χ0n) is 9.87. The molecule has 2 aliphatic rings. The predicted molar refractivity (Wildman–Crippen MR) is 68.6 cm³/mol. The molecule has 0 radical (unpaired) electrons. The van der Waals surface area contributed by atoms with Crippen LogP contribution in [-0.2, 0) is 0 Å². The predicted octanol–water partition coefficient (Wildman–Crippen LogP) is 1.81. The molecule has 0 amide bonds. The summed E-state index contributed by atoms with van der Waals surface area (Å²) in [6.45, 7) is 3.80. The molecule has 1 N–H and O–H groups in total. The smallest absolute Gasteiger partial charge is 0.0108 e. The third kappa shape index (κ3) is 3.65. The molecule has 0 aromatic carbocycles. The number of hydrogen-bond acceptors (Lipinski definition) is 3. The fourth-order valence-corrected chi connectivity index (χ4v) is 3.83. The zero-order valence-corrected chi connectivity index (χ0v) is 10.7. The number of hydrogen-bond donors (Lipinski definition) is 1. The molecule has 2 saturated heterocycles. The largest absolute Gasteiger partial charge is 0.317 e. The summed E-state index contributed by atoms with van der Waals surface area (Å²) >= 11 is 2.13.